The molecule has 0 N–H and O–H groups in total. The second kappa shape index (κ2) is 16.6. The molecular weight excluding hydrogens is 745 g/mol. The molecule has 0 fully saturated rings. The van der Waals surface area contributed by atoms with E-state index in [2.05, 4.69) is 165 Å². The highest BCUT2D eigenvalue weighted by Gasteiger charge is 2.21. The van der Waals surface area contributed by atoms with Gasteiger partial charge in [-0.25, -0.2) is 0 Å². The second-order valence-corrected chi connectivity index (χ2v) is 14.2. The molecule has 8 aromatic rings. The highest BCUT2D eigenvalue weighted by atomic mass is 16.5. The van der Waals surface area contributed by atoms with E-state index in [1.165, 1.54) is 0 Å². The van der Waals surface area contributed by atoms with Crippen molar-refractivity contribution in [1.82, 2.24) is 0 Å². The third kappa shape index (κ3) is 7.38. The Morgan fingerprint density at radius 3 is 0.383 bits per heavy atom. The van der Waals surface area contributed by atoms with Gasteiger partial charge in [0.15, 0.2) is 0 Å². The Hall–Kier alpha value is -7.84. The second-order valence-electron chi connectivity index (χ2n) is 14.2. The Morgan fingerprint density at radius 2 is 0.283 bits per heavy atom. The largest absolute Gasteiger partial charge is 0.497 e. The summed E-state index contributed by atoms with van der Waals surface area (Å²) in [5.41, 5.74) is 12.1. The molecular formula is C52H44N4O4. The molecule has 7 aliphatic heterocycles. The topological polar surface area (TPSA) is 49.9 Å². The molecule has 0 radical (unpaired) electrons. The van der Waals surface area contributed by atoms with Crippen LogP contribution in [0, 0.1) is 0 Å². The normalized spacial score (nSPS) is 12.2. The average molecular weight is 789 g/mol. The van der Waals surface area contributed by atoms with E-state index in [9.17, 15) is 0 Å². The van der Waals surface area contributed by atoms with Crippen LogP contribution in [0.3, 0.4) is 0 Å². The summed E-state index contributed by atoms with van der Waals surface area (Å²) in [6.07, 6.45) is 0. The lowest BCUT2D eigenvalue weighted by molar-refractivity contribution is 0.414. The Labute approximate surface area is 351 Å². The number of nitrogens with zero attached hydrogens (tertiary/aromatic N) is 4. The van der Waals surface area contributed by atoms with Crippen molar-refractivity contribution in [2.45, 2.75) is 0 Å². The summed E-state index contributed by atoms with van der Waals surface area (Å²) in [7, 11) is 6.75. The summed E-state index contributed by atoms with van der Waals surface area (Å²) in [6, 6.07) is 67.4. The average Bonchev–Trinajstić information content (AvgIpc) is 3.32. The van der Waals surface area contributed by atoms with Crippen molar-refractivity contribution in [2.24, 2.45) is 0 Å². The monoisotopic (exact) mass is 788 g/mol. The van der Waals surface area contributed by atoms with Crippen LogP contribution in [0.5, 0.6) is 23.0 Å². The summed E-state index contributed by atoms with van der Waals surface area (Å²) in [4.78, 5) is 9.05. The number of hydrogen-bond donors (Lipinski definition) is 0. The third-order valence-corrected chi connectivity index (χ3v) is 10.8. The molecule has 296 valence electrons. The third-order valence-electron chi connectivity index (χ3n) is 10.8. The van der Waals surface area contributed by atoms with Gasteiger partial charge in [-0.05, 0) is 194 Å². The molecule has 8 heteroatoms. The lowest BCUT2D eigenvalue weighted by atomic mass is 10.1. The van der Waals surface area contributed by atoms with E-state index >= 15 is 0 Å². The molecule has 0 atom stereocenters. The standard InChI is InChI=1S/C52H44N4O4/c1-57-49-29-21-45(22-30-49)53-37-5-9-39(10-6-37)54(46-23-31-50(58-2)32-24-46)41-13-17-43(18-14-41)56(48-27-35-52(60-4)36-28-48)44-19-15-42(16-20-44)55(40-11-7-38(53)8-12-40)47-25-33-51(59-3)34-26-47/h5-36H,1-4H3. The molecule has 15 rings (SSSR count). The predicted molar refractivity (Wildman–Crippen MR) is 245 cm³/mol. The number of ether oxygens (including phenoxy) is 4. The van der Waals surface area contributed by atoms with Crippen LogP contribution >= 0.6 is 0 Å². The number of hydrogen-bond acceptors (Lipinski definition) is 8. The highest BCUT2D eigenvalue weighted by Crippen LogP contribution is 2.44. The maximum atomic E-state index is 5.54. The molecule has 8 nitrogen and oxygen atoms in total. The summed E-state index contributed by atoms with van der Waals surface area (Å²) in [5, 5.41) is 0. The van der Waals surface area contributed by atoms with Gasteiger partial charge >= 0.3 is 0 Å². The highest BCUT2D eigenvalue weighted by molar-refractivity contribution is 5.86. The van der Waals surface area contributed by atoms with Gasteiger partial charge in [-0.1, -0.05) is 0 Å². The van der Waals surface area contributed by atoms with Crippen molar-refractivity contribution >= 4 is 68.2 Å². The van der Waals surface area contributed by atoms with Crippen molar-refractivity contribution < 1.29 is 18.9 Å². The maximum absolute atomic E-state index is 5.54. The molecule has 0 aliphatic carbocycles. The van der Waals surface area contributed by atoms with Crippen LogP contribution in [0.15, 0.2) is 194 Å². The molecule has 0 saturated carbocycles. The molecule has 0 aromatic heterocycles. The van der Waals surface area contributed by atoms with Gasteiger partial charge in [0.2, 0.25) is 0 Å². The lowest BCUT2D eigenvalue weighted by Gasteiger charge is -2.31. The zero-order chi connectivity index (χ0) is 41.0. The Bertz CT molecular complexity index is 2180. The first-order valence-corrected chi connectivity index (χ1v) is 19.7. The zero-order valence-electron chi connectivity index (χ0n) is 33.9. The van der Waals surface area contributed by atoms with E-state index in [-0.39, 0.29) is 0 Å². The number of rotatable bonds is 8. The van der Waals surface area contributed by atoms with E-state index in [1.807, 2.05) is 48.5 Å². The van der Waals surface area contributed by atoms with Crippen LogP contribution in [-0.4, -0.2) is 28.4 Å². The fraction of sp³-hybridized carbons (Fsp3) is 0.0769. The van der Waals surface area contributed by atoms with E-state index < -0.39 is 0 Å². The minimum atomic E-state index is 0.798. The van der Waals surface area contributed by atoms with Gasteiger partial charge in [0, 0.05) is 68.2 Å². The molecule has 0 saturated heterocycles. The number of methoxy groups -OCH3 is 4. The van der Waals surface area contributed by atoms with E-state index in [0.29, 0.717) is 0 Å². The van der Waals surface area contributed by atoms with Crippen LogP contribution in [-0.2, 0) is 0 Å². The summed E-state index contributed by atoms with van der Waals surface area (Å²) >= 11 is 0. The van der Waals surface area contributed by atoms with Crippen LogP contribution in [0.4, 0.5) is 68.2 Å². The van der Waals surface area contributed by atoms with Gasteiger partial charge in [-0.15, -0.1) is 0 Å². The Morgan fingerprint density at radius 1 is 0.183 bits per heavy atom. The lowest BCUT2D eigenvalue weighted by Crippen LogP contribution is -2.14. The molecule has 8 aromatic carbocycles. The summed E-state index contributed by atoms with van der Waals surface area (Å²) in [6.45, 7) is 0. The van der Waals surface area contributed by atoms with E-state index in [1.54, 1.807) is 28.4 Å². The molecule has 0 unspecified atom stereocenters. The van der Waals surface area contributed by atoms with Gasteiger partial charge in [0.05, 0.1) is 28.4 Å². The minimum Gasteiger partial charge on any atom is -0.497 e. The fourth-order valence-electron chi connectivity index (χ4n) is 7.72. The number of anilines is 12. The molecule has 0 amide bonds. The Kier molecular flexibility index (Phi) is 10.4. The fourth-order valence-corrected chi connectivity index (χ4v) is 7.72. The van der Waals surface area contributed by atoms with Gasteiger partial charge in [0.1, 0.15) is 23.0 Å². The first kappa shape index (κ1) is 37.7. The minimum absolute atomic E-state index is 0.798. The van der Waals surface area contributed by atoms with Crippen molar-refractivity contribution in [2.75, 3.05) is 48.0 Å². The van der Waals surface area contributed by atoms with Crippen LogP contribution < -0.4 is 38.5 Å². The molecule has 7 heterocycles. The summed E-state index contributed by atoms with van der Waals surface area (Å²) in [5.74, 6) is 3.19. The zero-order valence-corrected chi connectivity index (χ0v) is 33.9. The summed E-state index contributed by atoms with van der Waals surface area (Å²) < 4.78 is 22.1. The van der Waals surface area contributed by atoms with Crippen molar-refractivity contribution in [3.05, 3.63) is 194 Å². The van der Waals surface area contributed by atoms with Crippen LogP contribution in [0.25, 0.3) is 0 Å². The first-order chi connectivity index (χ1) is 29.5. The molecule has 0 spiro atoms. The van der Waals surface area contributed by atoms with Crippen LogP contribution in [0.1, 0.15) is 0 Å². The van der Waals surface area contributed by atoms with E-state index in [4.69, 9.17) is 18.9 Å². The van der Waals surface area contributed by atoms with Crippen LogP contribution in [0.2, 0.25) is 0 Å². The molecule has 7 aliphatic rings. The van der Waals surface area contributed by atoms with Gasteiger partial charge in [-0.3, -0.25) is 0 Å². The van der Waals surface area contributed by atoms with Crippen molar-refractivity contribution in [1.29, 1.82) is 0 Å². The van der Waals surface area contributed by atoms with Gasteiger partial charge in [-0.2, -0.15) is 0 Å². The predicted octanol–water partition coefficient (Wildman–Crippen LogP) is 13.9. The van der Waals surface area contributed by atoms with E-state index in [0.717, 1.165) is 91.2 Å². The maximum Gasteiger partial charge on any atom is 0.119 e. The van der Waals surface area contributed by atoms with Gasteiger partial charge < -0.3 is 38.5 Å². The quantitative estimate of drug-likeness (QED) is 0.151. The molecule has 8 bridgehead atoms. The smallest absolute Gasteiger partial charge is 0.119 e. The SMILES string of the molecule is COc1ccc(N2c3ccc(cc3)N(c3ccc(OC)cc3)c3ccc(cc3)N(c3ccc(OC)cc3)c3ccc(cc3)N(c3ccc(OC)cc3)c3ccc2cc3)cc1. The first-order valence-electron chi connectivity index (χ1n) is 19.7. The number of benzene rings is 8. The van der Waals surface area contributed by atoms with Crippen molar-refractivity contribution in [3.63, 3.8) is 0 Å². The molecule has 60 heavy (non-hydrogen) atoms. The van der Waals surface area contributed by atoms with Crippen molar-refractivity contribution in [3.8, 4) is 23.0 Å². The van der Waals surface area contributed by atoms with Gasteiger partial charge in [0.25, 0.3) is 0 Å². The Balaban J connectivity index is 1.24.